The number of hydrogen-bond donors (Lipinski definition) is 0. The van der Waals surface area contributed by atoms with Crippen LogP contribution in [0.4, 0.5) is 0 Å². The SMILES string of the molecule is Cc1nc2c(Cl)c(Cl)c(Cl)c(Cl)c2nc1C. The van der Waals surface area contributed by atoms with E-state index < -0.39 is 0 Å². The van der Waals surface area contributed by atoms with Gasteiger partial charge in [-0.3, -0.25) is 0 Å². The molecule has 0 aliphatic heterocycles. The van der Waals surface area contributed by atoms with Crippen molar-refractivity contribution in [2.45, 2.75) is 13.8 Å². The molecule has 6 heteroatoms. The van der Waals surface area contributed by atoms with Gasteiger partial charge in [-0.05, 0) is 13.8 Å². The topological polar surface area (TPSA) is 25.8 Å². The standard InChI is InChI=1S/C10H6Cl4N2/c1-3-4(2)16-10-8(14)6(12)5(11)7(13)9(10)15-3/h1-2H3. The second-order valence-corrected chi connectivity index (χ2v) is 4.86. The second kappa shape index (κ2) is 4.19. The Morgan fingerprint density at radius 1 is 0.625 bits per heavy atom. The normalized spacial score (nSPS) is 11.1. The highest BCUT2D eigenvalue weighted by molar-refractivity contribution is 6.54. The van der Waals surface area contributed by atoms with Crippen molar-refractivity contribution >= 4 is 57.4 Å². The van der Waals surface area contributed by atoms with E-state index in [1.807, 2.05) is 13.8 Å². The van der Waals surface area contributed by atoms with Gasteiger partial charge in [0.1, 0.15) is 11.0 Å². The van der Waals surface area contributed by atoms with E-state index in [0.717, 1.165) is 11.4 Å². The minimum atomic E-state index is 0.207. The molecule has 2 nitrogen and oxygen atoms in total. The van der Waals surface area contributed by atoms with Gasteiger partial charge in [0.05, 0.1) is 31.5 Å². The molecule has 1 aromatic heterocycles. The lowest BCUT2D eigenvalue weighted by Crippen LogP contribution is -1.95. The Hall–Kier alpha value is -0.280. The third kappa shape index (κ3) is 1.74. The number of benzene rings is 1. The zero-order valence-electron chi connectivity index (χ0n) is 8.41. The maximum atomic E-state index is 6.05. The van der Waals surface area contributed by atoms with E-state index in [0.29, 0.717) is 11.0 Å². The summed E-state index contributed by atoms with van der Waals surface area (Å²) in [6, 6.07) is 0. The molecule has 0 fully saturated rings. The van der Waals surface area contributed by atoms with Crippen LogP contribution >= 0.6 is 46.4 Å². The molecule has 16 heavy (non-hydrogen) atoms. The van der Waals surface area contributed by atoms with Crippen LogP contribution in [-0.2, 0) is 0 Å². The van der Waals surface area contributed by atoms with E-state index in [1.165, 1.54) is 0 Å². The molecule has 0 amide bonds. The molecule has 84 valence electrons. The molecule has 0 saturated carbocycles. The summed E-state index contributed by atoms with van der Waals surface area (Å²) >= 11 is 24.0. The molecule has 2 rings (SSSR count). The number of aryl methyl sites for hydroxylation is 2. The summed E-state index contributed by atoms with van der Waals surface area (Å²) in [5.41, 5.74) is 2.51. The van der Waals surface area contributed by atoms with Gasteiger partial charge in [-0.15, -0.1) is 0 Å². The van der Waals surface area contributed by atoms with Crippen LogP contribution < -0.4 is 0 Å². The lowest BCUT2D eigenvalue weighted by atomic mass is 10.2. The summed E-state index contributed by atoms with van der Waals surface area (Å²) in [6.45, 7) is 3.68. The van der Waals surface area contributed by atoms with Crippen molar-refractivity contribution in [3.63, 3.8) is 0 Å². The molecule has 1 aromatic carbocycles. The average molecular weight is 296 g/mol. The van der Waals surface area contributed by atoms with E-state index >= 15 is 0 Å². The molecule has 1 heterocycles. The molecule has 0 bridgehead atoms. The number of aromatic nitrogens is 2. The van der Waals surface area contributed by atoms with Gasteiger partial charge in [-0.1, -0.05) is 46.4 Å². The first-order valence-electron chi connectivity index (χ1n) is 4.40. The third-order valence-electron chi connectivity index (χ3n) is 2.30. The van der Waals surface area contributed by atoms with Crippen molar-refractivity contribution in [1.82, 2.24) is 9.97 Å². The maximum absolute atomic E-state index is 6.05. The molecule has 2 aromatic rings. The van der Waals surface area contributed by atoms with E-state index in [2.05, 4.69) is 9.97 Å². The van der Waals surface area contributed by atoms with Crippen molar-refractivity contribution in [2.24, 2.45) is 0 Å². The largest absolute Gasteiger partial charge is 0.248 e. The van der Waals surface area contributed by atoms with Crippen molar-refractivity contribution in [3.05, 3.63) is 31.5 Å². The van der Waals surface area contributed by atoms with Gasteiger partial charge in [-0.2, -0.15) is 0 Å². The lowest BCUT2D eigenvalue weighted by Gasteiger charge is -2.08. The van der Waals surface area contributed by atoms with Crippen molar-refractivity contribution in [1.29, 1.82) is 0 Å². The molecule has 0 unspecified atom stereocenters. The number of halogens is 4. The Balaban J connectivity index is 3.02. The average Bonchev–Trinajstić information content (AvgIpc) is 2.26. The van der Waals surface area contributed by atoms with Crippen LogP contribution in [0.25, 0.3) is 11.0 Å². The highest BCUT2D eigenvalue weighted by Gasteiger charge is 2.17. The first-order valence-corrected chi connectivity index (χ1v) is 5.91. The summed E-state index contributed by atoms with van der Waals surface area (Å²) in [5.74, 6) is 0. The Labute approximate surface area is 112 Å². The van der Waals surface area contributed by atoms with Crippen LogP contribution in [0.5, 0.6) is 0 Å². The Kier molecular flexibility index (Phi) is 3.19. The van der Waals surface area contributed by atoms with E-state index in [9.17, 15) is 0 Å². The van der Waals surface area contributed by atoms with Gasteiger partial charge in [0.25, 0.3) is 0 Å². The molecule has 0 N–H and O–H groups in total. The molecule has 0 radical (unpaired) electrons. The van der Waals surface area contributed by atoms with E-state index in [4.69, 9.17) is 46.4 Å². The van der Waals surface area contributed by atoms with Crippen molar-refractivity contribution < 1.29 is 0 Å². The van der Waals surface area contributed by atoms with Crippen LogP contribution in [0.1, 0.15) is 11.4 Å². The zero-order chi connectivity index (χ0) is 12.0. The van der Waals surface area contributed by atoms with Gasteiger partial charge < -0.3 is 0 Å². The quantitative estimate of drug-likeness (QED) is 0.512. The molecule has 0 saturated heterocycles. The zero-order valence-corrected chi connectivity index (χ0v) is 11.4. The summed E-state index contributed by atoms with van der Waals surface area (Å²) < 4.78 is 0. The van der Waals surface area contributed by atoms with Crippen molar-refractivity contribution in [2.75, 3.05) is 0 Å². The van der Waals surface area contributed by atoms with Crippen molar-refractivity contribution in [3.8, 4) is 0 Å². The minimum Gasteiger partial charge on any atom is -0.248 e. The van der Waals surface area contributed by atoms with Crippen LogP contribution in [0, 0.1) is 13.8 Å². The van der Waals surface area contributed by atoms with Crippen LogP contribution in [0.3, 0.4) is 0 Å². The predicted octanol–water partition coefficient (Wildman–Crippen LogP) is 4.86. The molecule has 0 aliphatic carbocycles. The lowest BCUT2D eigenvalue weighted by molar-refractivity contribution is 1.10. The molecule has 0 atom stereocenters. The predicted molar refractivity (Wildman–Crippen MR) is 69.1 cm³/mol. The number of nitrogens with zero attached hydrogens (tertiary/aromatic N) is 2. The van der Waals surface area contributed by atoms with Crippen LogP contribution in [0.2, 0.25) is 20.1 Å². The Bertz CT molecular complexity index is 543. The summed E-state index contributed by atoms with van der Waals surface area (Å²) in [5, 5.41) is 0.972. The summed E-state index contributed by atoms with van der Waals surface area (Å²) in [6.07, 6.45) is 0. The highest BCUT2D eigenvalue weighted by Crippen LogP contribution is 2.41. The monoisotopic (exact) mass is 294 g/mol. The fourth-order valence-electron chi connectivity index (χ4n) is 1.31. The Morgan fingerprint density at radius 3 is 1.25 bits per heavy atom. The summed E-state index contributed by atoms with van der Waals surface area (Å²) in [4.78, 5) is 8.63. The van der Waals surface area contributed by atoms with Gasteiger partial charge in [-0.25, -0.2) is 9.97 Å². The Morgan fingerprint density at radius 2 is 0.938 bits per heavy atom. The van der Waals surface area contributed by atoms with Gasteiger partial charge in [0.15, 0.2) is 0 Å². The first-order chi connectivity index (χ1) is 7.43. The van der Waals surface area contributed by atoms with Gasteiger partial charge >= 0.3 is 0 Å². The van der Waals surface area contributed by atoms with Gasteiger partial charge in [0.2, 0.25) is 0 Å². The van der Waals surface area contributed by atoms with E-state index in [-0.39, 0.29) is 20.1 Å². The number of hydrogen-bond acceptors (Lipinski definition) is 2. The van der Waals surface area contributed by atoms with Crippen LogP contribution in [0.15, 0.2) is 0 Å². The molecular weight excluding hydrogens is 290 g/mol. The number of fused-ring (bicyclic) bond motifs is 1. The minimum absolute atomic E-state index is 0.207. The third-order valence-corrected chi connectivity index (χ3v) is 4.08. The first kappa shape index (κ1) is 12.2. The van der Waals surface area contributed by atoms with E-state index in [1.54, 1.807) is 0 Å². The molecule has 0 aliphatic rings. The molecular formula is C10H6Cl4N2. The smallest absolute Gasteiger partial charge is 0.111 e. The fourth-order valence-corrected chi connectivity index (χ4v) is 2.23. The van der Waals surface area contributed by atoms with Gasteiger partial charge in [0, 0.05) is 0 Å². The highest BCUT2D eigenvalue weighted by atomic mass is 35.5. The fraction of sp³-hybridized carbons (Fsp3) is 0.200. The van der Waals surface area contributed by atoms with Crippen LogP contribution in [-0.4, -0.2) is 9.97 Å². The second-order valence-electron chi connectivity index (χ2n) is 3.35. The number of rotatable bonds is 0. The molecule has 0 spiro atoms. The summed E-state index contributed by atoms with van der Waals surface area (Å²) in [7, 11) is 0. The maximum Gasteiger partial charge on any atom is 0.111 e.